The normalized spacial score (nSPS) is 27.7. The van der Waals surface area contributed by atoms with Crippen molar-refractivity contribution in [3.8, 4) is 0 Å². The predicted molar refractivity (Wildman–Crippen MR) is 53.2 cm³/mol. The van der Waals surface area contributed by atoms with Crippen molar-refractivity contribution in [1.29, 1.82) is 0 Å². The highest BCUT2D eigenvalue weighted by atomic mass is 15.0. The van der Waals surface area contributed by atoms with Crippen molar-refractivity contribution < 1.29 is 0 Å². The molecule has 1 aliphatic carbocycles. The summed E-state index contributed by atoms with van der Waals surface area (Å²) >= 11 is 0. The number of aliphatic imine (C=N–C) groups is 3. The van der Waals surface area contributed by atoms with Gasteiger partial charge in [-0.05, 0) is 6.08 Å². The van der Waals surface area contributed by atoms with Crippen molar-refractivity contribution >= 4 is 17.8 Å². The van der Waals surface area contributed by atoms with Crippen LogP contribution in [0.5, 0.6) is 0 Å². The molecular formula is C10H7N3. The highest BCUT2D eigenvalue weighted by Crippen LogP contribution is 2.24. The molecule has 1 atom stereocenters. The first-order valence-electron chi connectivity index (χ1n) is 4.18. The molecule has 3 heteroatoms. The van der Waals surface area contributed by atoms with Gasteiger partial charge in [0.2, 0.25) is 0 Å². The Bertz CT molecular complexity index is 431. The van der Waals surface area contributed by atoms with Gasteiger partial charge < -0.3 is 0 Å². The van der Waals surface area contributed by atoms with Gasteiger partial charge in [-0.2, -0.15) is 0 Å². The minimum Gasteiger partial charge on any atom is -0.258 e. The van der Waals surface area contributed by atoms with Gasteiger partial charge in [0, 0.05) is 0 Å². The number of hydrogen-bond acceptors (Lipinski definition) is 3. The third-order valence-corrected chi connectivity index (χ3v) is 2.29. The lowest BCUT2D eigenvalue weighted by molar-refractivity contribution is 1.15. The molecule has 0 aromatic carbocycles. The van der Waals surface area contributed by atoms with Crippen molar-refractivity contribution in [1.82, 2.24) is 0 Å². The van der Waals surface area contributed by atoms with E-state index in [4.69, 9.17) is 0 Å². The molecule has 0 N–H and O–H groups in total. The first-order valence-corrected chi connectivity index (χ1v) is 4.18. The predicted octanol–water partition coefficient (Wildman–Crippen LogP) is 1.51. The molecule has 3 aliphatic rings. The Morgan fingerprint density at radius 3 is 3.15 bits per heavy atom. The van der Waals surface area contributed by atoms with Crippen LogP contribution in [0.4, 0.5) is 0 Å². The fourth-order valence-corrected chi connectivity index (χ4v) is 1.65. The Hall–Kier alpha value is -1.77. The summed E-state index contributed by atoms with van der Waals surface area (Å²) < 4.78 is 0. The third-order valence-electron chi connectivity index (χ3n) is 2.29. The van der Waals surface area contributed by atoms with E-state index in [-0.39, 0.29) is 5.92 Å². The molecule has 2 heterocycles. The van der Waals surface area contributed by atoms with Crippen LogP contribution in [0.15, 0.2) is 51.2 Å². The van der Waals surface area contributed by atoms with Gasteiger partial charge in [0.1, 0.15) is 12.0 Å². The van der Waals surface area contributed by atoms with E-state index in [2.05, 4.69) is 21.1 Å². The van der Waals surface area contributed by atoms with Gasteiger partial charge in [0.05, 0.1) is 23.5 Å². The maximum atomic E-state index is 4.32. The second-order valence-corrected chi connectivity index (χ2v) is 3.05. The van der Waals surface area contributed by atoms with E-state index >= 15 is 0 Å². The summed E-state index contributed by atoms with van der Waals surface area (Å²) in [6.07, 6.45) is 11.5. The van der Waals surface area contributed by atoms with Crippen LogP contribution in [-0.4, -0.2) is 17.8 Å². The molecule has 0 amide bonds. The molecule has 13 heavy (non-hydrogen) atoms. The van der Waals surface area contributed by atoms with Crippen LogP contribution in [0.2, 0.25) is 0 Å². The topological polar surface area (TPSA) is 37.1 Å². The van der Waals surface area contributed by atoms with Crippen molar-refractivity contribution in [2.75, 3.05) is 0 Å². The Morgan fingerprint density at radius 1 is 1.15 bits per heavy atom. The molecule has 62 valence electrons. The summed E-state index contributed by atoms with van der Waals surface area (Å²) in [4.78, 5) is 12.7. The fourth-order valence-electron chi connectivity index (χ4n) is 1.65. The van der Waals surface area contributed by atoms with Crippen molar-refractivity contribution in [2.45, 2.75) is 0 Å². The van der Waals surface area contributed by atoms with Crippen molar-refractivity contribution in [2.24, 2.45) is 20.9 Å². The Kier molecular flexibility index (Phi) is 1.22. The molecular weight excluding hydrogens is 162 g/mol. The van der Waals surface area contributed by atoms with Crippen LogP contribution in [-0.2, 0) is 0 Å². The zero-order valence-electron chi connectivity index (χ0n) is 6.88. The van der Waals surface area contributed by atoms with Crippen molar-refractivity contribution in [3.05, 3.63) is 36.2 Å². The number of rotatable bonds is 0. The van der Waals surface area contributed by atoms with Gasteiger partial charge in [0.25, 0.3) is 0 Å². The minimum atomic E-state index is 0.215. The summed E-state index contributed by atoms with van der Waals surface area (Å²) in [6, 6.07) is 0. The molecule has 1 unspecified atom stereocenters. The second-order valence-electron chi connectivity index (χ2n) is 3.05. The monoisotopic (exact) mass is 169 g/mol. The summed E-state index contributed by atoms with van der Waals surface area (Å²) in [7, 11) is 0. The second kappa shape index (κ2) is 2.36. The van der Waals surface area contributed by atoms with Gasteiger partial charge >= 0.3 is 0 Å². The summed E-state index contributed by atoms with van der Waals surface area (Å²) in [6.45, 7) is 0. The van der Waals surface area contributed by atoms with Gasteiger partial charge in [-0.1, -0.05) is 18.2 Å². The molecule has 3 rings (SSSR count). The highest BCUT2D eigenvalue weighted by Gasteiger charge is 2.26. The van der Waals surface area contributed by atoms with Crippen LogP contribution >= 0.6 is 0 Å². The zero-order valence-corrected chi connectivity index (χ0v) is 6.88. The maximum Gasteiger partial charge on any atom is 0.116 e. The summed E-state index contributed by atoms with van der Waals surface area (Å²) in [5, 5.41) is 0. The van der Waals surface area contributed by atoms with E-state index in [1.165, 1.54) is 0 Å². The van der Waals surface area contributed by atoms with Crippen LogP contribution in [0.3, 0.4) is 0 Å². The highest BCUT2D eigenvalue weighted by molar-refractivity contribution is 6.24. The van der Waals surface area contributed by atoms with E-state index in [0.717, 1.165) is 17.1 Å². The average molecular weight is 169 g/mol. The van der Waals surface area contributed by atoms with Gasteiger partial charge in [-0.15, -0.1) is 0 Å². The largest absolute Gasteiger partial charge is 0.258 e. The fraction of sp³-hybridized carbons (Fsp3) is 0.100. The van der Waals surface area contributed by atoms with Crippen molar-refractivity contribution in [3.63, 3.8) is 0 Å². The number of allylic oxidation sites excluding steroid dienone is 5. The lowest BCUT2D eigenvalue weighted by Crippen LogP contribution is -2.24. The zero-order chi connectivity index (χ0) is 8.67. The van der Waals surface area contributed by atoms with Crippen LogP contribution < -0.4 is 0 Å². The number of nitrogens with zero attached hydrogens (tertiary/aromatic N) is 3. The Balaban J connectivity index is 2.15. The molecule has 0 saturated heterocycles. The first-order chi connectivity index (χ1) is 6.45. The molecule has 0 bridgehead atoms. The van der Waals surface area contributed by atoms with E-state index in [1.54, 1.807) is 12.5 Å². The summed E-state index contributed by atoms with van der Waals surface area (Å²) in [5.41, 5.74) is 2.97. The van der Waals surface area contributed by atoms with Crippen LogP contribution in [0.1, 0.15) is 0 Å². The number of hydrogen-bond donors (Lipinski definition) is 0. The van der Waals surface area contributed by atoms with Gasteiger partial charge in [-0.25, -0.2) is 9.98 Å². The lowest BCUT2D eigenvalue weighted by atomic mass is 9.90. The van der Waals surface area contributed by atoms with E-state index < -0.39 is 0 Å². The van der Waals surface area contributed by atoms with Gasteiger partial charge in [-0.3, -0.25) is 4.99 Å². The molecule has 3 nitrogen and oxygen atoms in total. The SMILES string of the molecule is C1=CC2=NC=C3N=CN=C3C2C=C1. The Morgan fingerprint density at radius 2 is 2.15 bits per heavy atom. The molecule has 0 radical (unpaired) electrons. The maximum absolute atomic E-state index is 4.32. The minimum absolute atomic E-state index is 0.215. The average Bonchev–Trinajstić information content (AvgIpc) is 2.65. The Labute approximate surface area is 75.6 Å². The lowest BCUT2D eigenvalue weighted by Gasteiger charge is -2.18. The number of fused-ring (bicyclic) bond motifs is 3. The standard InChI is InChI=1S/C10H7N3/c1-2-4-8-7(3-1)10-9(5-11-8)12-6-13-10/h1-7H. The molecule has 2 aliphatic heterocycles. The first kappa shape index (κ1) is 6.71. The third kappa shape index (κ3) is 0.869. The van der Waals surface area contributed by atoms with E-state index in [1.807, 2.05) is 18.2 Å². The van der Waals surface area contributed by atoms with Gasteiger partial charge in [0.15, 0.2) is 0 Å². The quantitative estimate of drug-likeness (QED) is 0.527. The summed E-state index contributed by atoms with van der Waals surface area (Å²) in [5.74, 6) is 0.215. The molecule has 0 fully saturated rings. The van der Waals surface area contributed by atoms with E-state index in [9.17, 15) is 0 Å². The molecule has 0 aromatic heterocycles. The van der Waals surface area contributed by atoms with Crippen LogP contribution in [0, 0.1) is 5.92 Å². The molecule has 0 saturated carbocycles. The molecule has 0 spiro atoms. The smallest absolute Gasteiger partial charge is 0.116 e. The van der Waals surface area contributed by atoms with Crippen LogP contribution in [0.25, 0.3) is 0 Å². The molecule has 0 aromatic rings. The van der Waals surface area contributed by atoms with E-state index in [0.29, 0.717) is 0 Å².